The smallest absolute Gasteiger partial charge is 0.142 e. The first-order chi connectivity index (χ1) is 7.79. The highest BCUT2D eigenvalue weighted by atomic mass is 16.5. The van der Waals surface area contributed by atoms with E-state index in [2.05, 4.69) is 23.3 Å². The molecule has 0 bridgehead atoms. The molecule has 2 rings (SSSR count). The van der Waals surface area contributed by atoms with Gasteiger partial charge in [0.15, 0.2) is 0 Å². The van der Waals surface area contributed by atoms with Gasteiger partial charge in [0.25, 0.3) is 0 Å². The van der Waals surface area contributed by atoms with Crippen LogP contribution in [0.4, 0.5) is 5.69 Å². The van der Waals surface area contributed by atoms with Gasteiger partial charge in [0.1, 0.15) is 11.6 Å². The summed E-state index contributed by atoms with van der Waals surface area (Å²) >= 11 is 0. The van der Waals surface area contributed by atoms with E-state index in [4.69, 9.17) is 4.74 Å². The van der Waals surface area contributed by atoms with Crippen molar-refractivity contribution in [1.29, 1.82) is 0 Å². The van der Waals surface area contributed by atoms with Gasteiger partial charge in [-0.1, -0.05) is 6.07 Å². The Labute approximate surface area is 96.5 Å². The molecule has 0 radical (unpaired) electrons. The third kappa shape index (κ3) is 2.54. The Morgan fingerprint density at radius 2 is 2.19 bits per heavy atom. The van der Waals surface area contributed by atoms with Crippen molar-refractivity contribution in [3.05, 3.63) is 23.8 Å². The van der Waals surface area contributed by atoms with Gasteiger partial charge in [-0.2, -0.15) is 0 Å². The maximum Gasteiger partial charge on any atom is 0.142 e. The summed E-state index contributed by atoms with van der Waals surface area (Å²) in [6.07, 6.45) is 3.47. The molecule has 1 aromatic carbocycles. The Bertz CT molecular complexity index is 399. The molecular formula is C13H18N2O. The molecule has 1 aliphatic heterocycles. The van der Waals surface area contributed by atoms with Crippen LogP contribution in [0.2, 0.25) is 0 Å². The minimum atomic E-state index is 0.874. The largest absolute Gasteiger partial charge is 0.495 e. The van der Waals surface area contributed by atoms with Gasteiger partial charge in [-0.15, -0.1) is 0 Å². The lowest BCUT2D eigenvalue weighted by Crippen LogP contribution is -2.16. The second-order valence-electron chi connectivity index (χ2n) is 4.11. The maximum atomic E-state index is 5.32. The van der Waals surface area contributed by atoms with Crippen LogP contribution in [0.3, 0.4) is 0 Å². The normalized spacial score (nSPS) is 15.5. The van der Waals surface area contributed by atoms with Crippen molar-refractivity contribution in [3.63, 3.8) is 0 Å². The van der Waals surface area contributed by atoms with Gasteiger partial charge in [-0.25, -0.2) is 0 Å². The quantitative estimate of drug-likeness (QED) is 0.828. The molecule has 0 spiro atoms. The first kappa shape index (κ1) is 11.0. The van der Waals surface area contributed by atoms with Crippen LogP contribution in [0.15, 0.2) is 23.2 Å². The Morgan fingerprint density at radius 1 is 1.31 bits per heavy atom. The van der Waals surface area contributed by atoms with E-state index >= 15 is 0 Å². The fourth-order valence-electron chi connectivity index (χ4n) is 1.87. The highest BCUT2D eigenvalue weighted by Crippen LogP contribution is 2.26. The number of hydrogen-bond acceptors (Lipinski definition) is 3. The summed E-state index contributed by atoms with van der Waals surface area (Å²) in [5.74, 6) is 1.95. The van der Waals surface area contributed by atoms with Gasteiger partial charge in [0.2, 0.25) is 0 Å². The number of methoxy groups -OCH3 is 1. The maximum absolute atomic E-state index is 5.32. The van der Waals surface area contributed by atoms with Crippen LogP contribution in [0.1, 0.15) is 24.8 Å². The molecule has 0 fully saturated rings. The zero-order valence-corrected chi connectivity index (χ0v) is 9.92. The lowest BCUT2D eigenvalue weighted by molar-refractivity contribution is 0.417. The number of nitrogens with one attached hydrogen (secondary N) is 1. The summed E-state index contributed by atoms with van der Waals surface area (Å²) in [5.41, 5.74) is 2.24. The summed E-state index contributed by atoms with van der Waals surface area (Å²) in [6, 6.07) is 6.13. The minimum absolute atomic E-state index is 0.874. The molecule has 0 unspecified atom stereocenters. The van der Waals surface area contributed by atoms with E-state index in [9.17, 15) is 0 Å². The van der Waals surface area contributed by atoms with E-state index in [-0.39, 0.29) is 0 Å². The Balaban J connectivity index is 2.18. The van der Waals surface area contributed by atoms with Crippen molar-refractivity contribution in [2.45, 2.75) is 26.2 Å². The molecule has 0 aromatic heterocycles. The number of ether oxygens (including phenoxy) is 1. The van der Waals surface area contributed by atoms with Crippen molar-refractivity contribution in [1.82, 2.24) is 0 Å². The van der Waals surface area contributed by atoms with Crippen LogP contribution < -0.4 is 10.1 Å². The van der Waals surface area contributed by atoms with E-state index in [1.165, 1.54) is 18.4 Å². The van der Waals surface area contributed by atoms with Gasteiger partial charge in [-0.3, -0.25) is 4.99 Å². The predicted molar refractivity (Wildman–Crippen MR) is 67.5 cm³/mol. The first-order valence-corrected chi connectivity index (χ1v) is 5.74. The second kappa shape index (κ2) is 5.01. The third-order valence-corrected chi connectivity index (χ3v) is 2.76. The van der Waals surface area contributed by atoms with E-state index in [1.807, 2.05) is 12.1 Å². The topological polar surface area (TPSA) is 33.6 Å². The Morgan fingerprint density at radius 3 is 2.88 bits per heavy atom. The summed E-state index contributed by atoms with van der Waals surface area (Å²) < 4.78 is 5.32. The molecule has 1 heterocycles. The molecule has 0 atom stereocenters. The molecule has 3 nitrogen and oxygen atoms in total. The molecule has 1 aromatic rings. The van der Waals surface area contributed by atoms with Crippen molar-refractivity contribution >= 4 is 11.5 Å². The SMILES string of the molecule is COc1ccc(C)cc1NC1=NCCCC1. The van der Waals surface area contributed by atoms with E-state index < -0.39 is 0 Å². The van der Waals surface area contributed by atoms with Crippen LogP contribution in [0.25, 0.3) is 0 Å². The molecule has 1 aliphatic rings. The van der Waals surface area contributed by atoms with Crippen molar-refractivity contribution in [3.8, 4) is 5.75 Å². The van der Waals surface area contributed by atoms with Gasteiger partial charge in [-0.05, 0) is 37.5 Å². The number of rotatable bonds is 2. The summed E-state index contributed by atoms with van der Waals surface area (Å²) in [7, 11) is 1.69. The average molecular weight is 218 g/mol. The highest BCUT2D eigenvalue weighted by Gasteiger charge is 2.08. The number of aryl methyl sites for hydroxylation is 1. The average Bonchev–Trinajstić information content (AvgIpc) is 2.31. The number of amidine groups is 1. The number of benzene rings is 1. The summed E-state index contributed by atoms with van der Waals surface area (Å²) in [4.78, 5) is 4.48. The fraction of sp³-hybridized carbons (Fsp3) is 0.462. The predicted octanol–water partition coefficient (Wildman–Crippen LogP) is 3.00. The van der Waals surface area contributed by atoms with Crippen LogP contribution in [0.5, 0.6) is 5.75 Å². The standard InChI is InChI=1S/C13H18N2O/c1-10-6-7-12(16-2)11(9-10)15-13-5-3-4-8-14-13/h6-7,9H,3-5,8H2,1-2H3,(H,14,15). The molecule has 86 valence electrons. The molecule has 3 heteroatoms. The van der Waals surface area contributed by atoms with Gasteiger partial charge in [0.05, 0.1) is 12.8 Å². The van der Waals surface area contributed by atoms with Gasteiger partial charge < -0.3 is 10.1 Å². The number of aliphatic imine (C=N–C) groups is 1. The lowest BCUT2D eigenvalue weighted by atomic mass is 10.1. The highest BCUT2D eigenvalue weighted by molar-refractivity contribution is 5.97. The van der Waals surface area contributed by atoms with Crippen LogP contribution in [-0.2, 0) is 0 Å². The molecule has 16 heavy (non-hydrogen) atoms. The summed E-state index contributed by atoms with van der Waals surface area (Å²) in [5, 5.41) is 3.37. The monoisotopic (exact) mass is 218 g/mol. The Hall–Kier alpha value is -1.51. The van der Waals surface area contributed by atoms with Crippen molar-refractivity contribution in [2.24, 2.45) is 4.99 Å². The van der Waals surface area contributed by atoms with E-state index in [1.54, 1.807) is 7.11 Å². The second-order valence-corrected chi connectivity index (χ2v) is 4.11. The minimum Gasteiger partial charge on any atom is -0.495 e. The third-order valence-electron chi connectivity index (χ3n) is 2.76. The lowest BCUT2D eigenvalue weighted by Gasteiger charge is -2.16. The van der Waals surface area contributed by atoms with Crippen molar-refractivity contribution < 1.29 is 4.74 Å². The number of hydrogen-bond donors (Lipinski definition) is 1. The molecule has 0 aliphatic carbocycles. The summed E-state index contributed by atoms with van der Waals surface area (Å²) in [6.45, 7) is 3.02. The van der Waals surface area contributed by atoms with Crippen LogP contribution in [-0.4, -0.2) is 19.5 Å². The zero-order valence-electron chi connectivity index (χ0n) is 9.92. The van der Waals surface area contributed by atoms with Crippen LogP contribution in [0, 0.1) is 6.92 Å². The number of anilines is 1. The molecular weight excluding hydrogens is 200 g/mol. The van der Waals surface area contributed by atoms with Crippen LogP contribution >= 0.6 is 0 Å². The van der Waals surface area contributed by atoms with E-state index in [0.29, 0.717) is 0 Å². The molecule has 0 saturated carbocycles. The zero-order chi connectivity index (χ0) is 11.4. The molecule has 0 amide bonds. The van der Waals surface area contributed by atoms with Crippen molar-refractivity contribution in [2.75, 3.05) is 19.0 Å². The molecule has 0 saturated heterocycles. The van der Waals surface area contributed by atoms with Gasteiger partial charge in [0, 0.05) is 13.0 Å². The number of nitrogens with zero attached hydrogens (tertiary/aromatic N) is 1. The first-order valence-electron chi connectivity index (χ1n) is 5.74. The Kier molecular flexibility index (Phi) is 3.44. The van der Waals surface area contributed by atoms with Gasteiger partial charge >= 0.3 is 0 Å². The molecule has 1 N–H and O–H groups in total. The fourth-order valence-corrected chi connectivity index (χ4v) is 1.87. The van der Waals surface area contributed by atoms with E-state index in [0.717, 1.165) is 30.2 Å².